The average molecular weight is 478 g/mol. The van der Waals surface area contributed by atoms with Crippen molar-refractivity contribution in [1.29, 1.82) is 0 Å². The van der Waals surface area contributed by atoms with E-state index in [2.05, 4.69) is 15.4 Å². The van der Waals surface area contributed by atoms with Crippen LogP contribution in [0, 0.1) is 12.8 Å². The molecule has 190 valence electrons. The zero-order chi connectivity index (χ0) is 26.2. The molecular weight excluding hydrogens is 438 g/mol. The molecule has 0 aromatic heterocycles. The third kappa shape index (κ3) is 8.68. The number of carbonyl (C=O) groups is 4. The Labute approximate surface area is 202 Å². The number of carbonyl (C=O) groups excluding carboxylic acids is 4. The fourth-order valence-electron chi connectivity index (χ4n) is 3.30. The molecule has 1 aromatic rings. The molecule has 9 nitrogen and oxygen atoms in total. The molecule has 2 atom stereocenters. The van der Waals surface area contributed by atoms with Crippen LogP contribution in [0.4, 0.5) is 4.79 Å². The van der Waals surface area contributed by atoms with Gasteiger partial charge < -0.3 is 25.0 Å². The number of nitrogens with zero attached hydrogens (tertiary/aromatic N) is 1. The van der Waals surface area contributed by atoms with E-state index in [0.717, 1.165) is 5.56 Å². The van der Waals surface area contributed by atoms with Crippen LogP contribution in [0.25, 0.3) is 0 Å². The van der Waals surface area contributed by atoms with E-state index in [1.165, 1.54) is 12.0 Å². The number of benzene rings is 1. The van der Waals surface area contributed by atoms with Gasteiger partial charge in [0.15, 0.2) is 0 Å². The first kappa shape index (κ1) is 28.9. The largest absolute Gasteiger partial charge is 0.468 e. The minimum absolute atomic E-state index is 0.280. The van der Waals surface area contributed by atoms with Crippen molar-refractivity contribution in [1.82, 2.24) is 15.5 Å². The number of aryl methyl sites for hydroxylation is 1. The Morgan fingerprint density at radius 1 is 1.00 bits per heavy atom. The fourth-order valence-corrected chi connectivity index (χ4v) is 3.30. The Morgan fingerprint density at radius 3 is 2.00 bits per heavy atom. The first-order chi connectivity index (χ1) is 15.7. The number of ether oxygens (including phenoxy) is 2. The van der Waals surface area contributed by atoms with Gasteiger partial charge in [-0.15, -0.1) is 0 Å². The van der Waals surface area contributed by atoms with Gasteiger partial charge in [-0.05, 0) is 53.0 Å². The molecule has 34 heavy (non-hydrogen) atoms. The highest BCUT2D eigenvalue weighted by Crippen LogP contribution is 2.26. The summed E-state index contributed by atoms with van der Waals surface area (Å²) >= 11 is 0. The molecule has 0 saturated heterocycles. The monoisotopic (exact) mass is 477 g/mol. The third-order valence-corrected chi connectivity index (χ3v) is 4.97. The molecule has 1 aromatic carbocycles. The summed E-state index contributed by atoms with van der Waals surface area (Å²) in [6, 6.07) is 4.87. The lowest BCUT2D eigenvalue weighted by molar-refractivity contribution is -0.146. The number of esters is 1. The zero-order valence-electron chi connectivity index (χ0n) is 21.7. The second-order valence-corrected chi connectivity index (χ2v) is 9.81. The molecule has 3 amide bonds. The quantitative estimate of drug-likeness (QED) is 0.528. The van der Waals surface area contributed by atoms with Crippen molar-refractivity contribution < 1.29 is 28.7 Å². The van der Waals surface area contributed by atoms with Crippen molar-refractivity contribution in [3.05, 3.63) is 35.4 Å². The summed E-state index contributed by atoms with van der Waals surface area (Å²) in [6.45, 7) is 14.0. The lowest BCUT2D eigenvalue weighted by Gasteiger charge is -2.38. The first-order valence-corrected chi connectivity index (χ1v) is 11.4. The number of methoxy groups -OCH3 is 1. The van der Waals surface area contributed by atoms with Crippen LogP contribution in [0.5, 0.6) is 0 Å². The summed E-state index contributed by atoms with van der Waals surface area (Å²) in [5.41, 5.74) is 0.839. The van der Waals surface area contributed by atoms with Crippen LogP contribution in [-0.2, 0) is 23.9 Å². The van der Waals surface area contributed by atoms with Gasteiger partial charge in [0.2, 0.25) is 11.8 Å². The Balaban J connectivity index is 3.39. The van der Waals surface area contributed by atoms with Crippen molar-refractivity contribution in [3.63, 3.8) is 0 Å². The molecule has 2 N–H and O–H groups in total. The summed E-state index contributed by atoms with van der Waals surface area (Å²) in [5.74, 6) is -1.85. The third-order valence-electron chi connectivity index (χ3n) is 4.97. The van der Waals surface area contributed by atoms with Crippen LogP contribution in [0.3, 0.4) is 0 Å². The van der Waals surface area contributed by atoms with Crippen molar-refractivity contribution in [3.8, 4) is 0 Å². The molecule has 2 unspecified atom stereocenters. The second-order valence-electron chi connectivity index (χ2n) is 9.81. The van der Waals surface area contributed by atoms with Gasteiger partial charge in [-0.3, -0.25) is 14.4 Å². The maximum absolute atomic E-state index is 13.8. The van der Waals surface area contributed by atoms with Crippen LogP contribution in [-0.4, -0.2) is 60.1 Å². The Bertz CT molecular complexity index is 858. The second kappa shape index (κ2) is 12.4. The van der Waals surface area contributed by atoms with E-state index in [4.69, 9.17) is 4.74 Å². The minimum Gasteiger partial charge on any atom is -0.468 e. The van der Waals surface area contributed by atoms with E-state index in [0.29, 0.717) is 5.56 Å². The fraction of sp³-hybridized carbons (Fsp3) is 0.600. The maximum atomic E-state index is 13.8. The molecule has 0 saturated carbocycles. The molecule has 9 heteroatoms. The normalized spacial score (nSPS) is 13.1. The topological polar surface area (TPSA) is 114 Å². The van der Waals surface area contributed by atoms with Crippen LogP contribution >= 0.6 is 0 Å². The smallest absolute Gasteiger partial charge is 0.408 e. The number of rotatable bonds is 9. The van der Waals surface area contributed by atoms with Gasteiger partial charge in [-0.2, -0.15) is 0 Å². The highest BCUT2D eigenvalue weighted by molar-refractivity contribution is 5.93. The van der Waals surface area contributed by atoms with Gasteiger partial charge in [-0.25, -0.2) is 4.79 Å². The molecule has 1 rings (SSSR count). The van der Waals surface area contributed by atoms with E-state index in [-0.39, 0.29) is 12.5 Å². The van der Waals surface area contributed by atoms with Gasteiger partial charge in [0.1, 0.15) is 24.2 Å². The Hall–Kier alpha value is -3.10. The summed E-state index contributed by atoms with van der Waals surface area (Å²) < 4.78 is 9.96. The molecule has 0 aliphatic heterocycles. The lowest BCUT2D eigenvalue weighted by Crippen LogP contribution is -2.56. The van der Waals surface area contributed by atoms with E-state index in [1.54, 1.807) is 60.6 Å². The highest BCUT2D eigenvalue weighted by atomic mass is 16.6. The van der Waals surface area contributed by atoms with E-state index in [1.807, 2.05) is 19.1 Å². The maximum Gasteiger partial charge on any atom is 0.408 e. The molecule has 0 aliphatic carbocycles. The SMILES string of the molecule is COC(=O)CNC(=O)C(c1ccc(C)cc1)N(C(=O)C(NC(=O)OC(C)(C)C)C(C)C)C(C)C. The van der Waals surface area contributed by atoms with Crippen LogP contribution in [0.15, 0.2) is 24.3 Å². The first-order valence-electron chi connectivity index (χ1n) is 11.4. The molecular formula is C25H39N3O6. The van der Waals surface area contributed by atoms with Crippen LogP contribution < -0.4 is 10.6 Å². The predicted molar refractivity (Wildman–Crippen MR) is 129 cm³/mol. The standard InChI is InChI=1S/C25H39N3O6/c1-15(2)20(27-24(32)34-25(6,7)8)23(31)28(16(3)4)21(18-12-10-17(5)11-13-18)22(30)26-14-19(29)33-9/h10-13,15-16,20-21H,14H2,1-9H3,(H,26,30)(H,27,32). The molecule has 0 heterocycles. The van der Waals surface area contributed by atoms with Gasteiger partial charge >= 0.3 is 12.1 Å². The molecule has 0 aliphatic rings. The van der Waals surface area contributed by atoms with Crippen LogP contribution in [0.2, 0.25) is 0 Å². The molecule has 0 fully saturated rings. The summed E-state index contributed by atoms with van der Waals surface area (Å²) in [6.07, 6.45) is -0.717. The molecule has 0 radical (unpaired) electrons. The van der Waals surface area contributed by atoms with Crippen molar-refractivity contribution in [2.45, 2.75) is 79.1 Å². The number of hydrogen-bond acceptors (Lipinski definition) is 6. The van der Waals surface area contributed by atoms with Gasteiger partial charge in [0.25, 0.3) is 0 Å². The van der Waals surface area contributed by atoms with E-state index in [9.17, 15) is 19.2 Å². The highest BCUT2D eigenvalue weighted by Gasteiger charge is 2.39. The van der Waals surface area contributed by atoms with E-state index >= 15 is 0 Å². The number of nitrogens with one attached hydrogen (secondary N) is 2. The van der Waals surface area contributed by atoms with Crippen molar-refractivity contribution in [2.75, 3.05) is 13.7 Å². The lowest BCUT2D eigenvalue weighted by atomic mass is 9.97. The number of amides is 3. The van der Waals surface area contributed by atoms with Gasteiger partial charge in [-0.1, -0.05) is 43.7 Å². The van der Waals surface area contributed by atoms with E-state index < -0.39 is 47.6 Å². The predicted octanol–water partition coefficient (Wildman–Crippen LogP) is 3.11. The summed E-state index contributed by atoms with van der Waals surface area (Å²) in [4.78, 5) is 52.6. The van der Waals surface area contributed by atoms with Crippen LogP contribution in [0.1, 0.15) is 65.6 Å². The number of hydrogen-bond donors (Lipinski definition) is 2. The average Bonchev–Trinajstić information content (AvgIpc) is 2.72. The number of alkyl carbamates (subject to hydrolysis) is 1. The van der Waals surface area contributed by atoms with Gasteiger partial charge in [0.05, 0.1) is 7.11 Å². The summed E-state index contributed by atoms with van der Waals surface area (Å²) in [7, 11) is 1.23. The van der Waals surface area contributed by atoms with Gasteiger partial charge in [0, 0.05) is 6.04 Å². The molecule has 0 spiro atoms. The Kier molecular flexibility index (Phi) is 10.5. The van der Waals surface area contributed by atoms with Crippen molar-refractivity contribution >= 4 is 23.9 Å². The minimum atomic E-state index is -1.03. The Morgan fingerprint density at radius 2 is 1.56 bits per heavy atom. The summed E-state index contributed by atoms with van der Waals surface area (Å²) in [5, 5.41) is 5.22. The molecule has 0 bridgehead atoms. The van der Waals surface area contributed by atoms with Crippen molar-refractivity contribution in [2.24, 2.45) is 5.92 Å². The zero-order valence-corrected chi connectivity index (χ0v) is 21.7.